The number of benzene rings is 2. The van der Waals surface area contributed by atoms with Gasteiger partial charge in [-0.15, -0.1) is 0 Å². The molecule has 0 saturated carbocycles. The van der Waals surface area contributed by atoms with Crippen LogP contribution in [-0.2, 0) is 6.54 Å². The summed E-state index contributed by atoms with van der Waals surface area (Å²) >= 11 is 0. The van der Waals surface area contributed by atoms with Gasteiger partial charge >= 0.3 is 0 Å². The standard InChI is InChI=1S/C15H16N2/c1-12-7-5-6-10-14(12)15(16)17-11-13-8-3-2-4-9-13/h2-10H,11H2,1H3,(H2,16,17). The van der Waals surface area contributed by atoms with Crippen molar-refractivity contribution in [1.82, 2.24) is 0 Å². The van der Waals surface area contributed by atoms with Gasteiger partial charge in [-0.3, -0.25) is 4.99 Å². The molecule has 0 atom stereocenters. The van der Waals surface area contributed by atoms with Crippen LogP contribution in [0, 0.1) is 6.92 Å². The van der Waals surface area contributed by atoms with E-state index in [0.717, 1.165) is 11.1 Å². The molecule has 0 aromatic heterocycles. The van der Waals surface area contributed by atoms with Crippen LogP contribution in [0.15, 0.2) is 59.6 Å². The van der Waals surface area contributed by atoms with E-state index < -0.39 is 0 Å². The first-order chi connectivity index (χ1) is 8.27. The fraction of sp³-hybridized carbons (Fsp3) is 0.133. The molecule has 86 valence electrons. The fourth-order valence-electron chi connectivity index (χ4n) is 1.71. The third-order valence-corrected chi connectivity index (χ3v) is 2.70. The molecule has 0 unspecified atom stereocenters. The first kappa shape index (κ1) is 11.4. The lowest BCUT2D eigenvalue weighted by Crippen LogP contribution is -2.15. The van der Waals surface area contributed by atoms with Crippen LogP contribution < -0.4 is 5.73 Å². The third kappa shape index (κ3) is 2.94. The molecular formula is C15H16N2. The van der Waals surface area contributed by atoms with Crippen LogP contribution in [0.5, 0.6) is 0 Å². The van der Waals surface area contributed by atoms with E-state index in [0.29, 0.717) is 12.4 Å². The SMILES string of the molecule is Cc1ccccc1C(N)=NCc1ccccc1. The molecule has 2 rings (SSSR count). The maximum Gasteiger partial charge on any atom is 0.126 e. The number of nitrogens with two attached hydrogens (primary N) is 1. The molecule has 0 amide bonds. The summed E-state index contributed by atoms with van der Waals surface area (Å²) in [6, 6.07) is 18.1. The average molecular weight is 224 g/mol. The van der Waals surface area contributed by atoms with Crippen molar-refractivity contribution in [2.45, 2.75) is 13.5 Å². The Hall–Kier alpha value is -2.09. The van der Waals surface area contributed by atoms with Gasteiger partial charge < -0.3 is 5.73 Å². The van der Waals surface area contributed by atoms with E-state index in [4.69, 9.17) is 5.73 Å². The lowest BCUT2D eigenvalue weighted by atomic mass is 10.1. The van der Waals surface area contributed by atoms with E-state index in [1.807, 2.05) is 49.4 Å². The van der Waals surface area contributed by atoms with E-state index in [1.54, 1.807) is 0 Å². The highest BCUT2D eigenvalue weighted by Crippen LogP contribution is 2.07. The third-order valence-electron chi connectivity index (χ3n) is 2.70. The first-order valence-corrected chi connectivity index (χ1v) is 5.67. The van der Waals surface area contributed by atoms with E-state index >= 15 is 0 Å². The number of nitrogens with zero attached hydrogens (tertiary/aromatic N) is 1. The predicted octanol–water partition coefficient (Wildman–Crippen LogP) is 2.90. The van der Waals surface area contributed by atoms with Crippen LogP contribution >= 0.6 is 0 Å². The van der Waals surface area contributed by atoms with Gasteiger partial charge in [0.2, 0.25) is 0 Å². The number of aliphatic imine (C=N–C) groups is 1. The van der Waals surface area contributed by atoms with Crippen molar-refractivity contribution in [2.24, 2.45) is 10.7 Å². The normalized spacial score (nSPS) is 11.5. The number of rotatable bonds is 3. The molecule has 0 saturated heterocycles. The number of aryl methyl sites for hydroxylation is 1. The Labute approximate surface area is 102 Å². The van der Waals surface area contributed by atoms with Gasteiger partial charge in [-0.2, -0.15) is 0 Å². The molecule has 0 aliphatic heterocycles. The minimum atomic E-state index is 0.604. The number of hydrogen-bond donors (Lipinski definition) is 1. The fourth-order valence-corrected chi connectivity index (χ4v) is 1.71. The van der Waals surface area contributed by atoms with Gasteiger partial charge in [-0.1, -0.05) is 54.6 Å². The molecule has 0 aliphatic rings. The molecule has 2 aromatic rings. The van der Waals surface area contributed by atoms with Crippen molar-refractivity contribution in [3.63, 3.8) is 0 Å². The smallest absolute Gasteiger partial charge is 0.126 e. The number of amidine groups is 1. The van der Waals surface area contributed by atoms with E-state index in [2.05, 4.69) is 17.1 Å². The Balaban J connectivity index is 2.16. The zero-order chi connectivity index (χ0) is 12.1. The zero-order valence-electron chi connectivity index (χ0n) is 9.93. The van der Waals surface area contributed by atoms with Crippen LogP contribution in [-0.4, -0.2) is 5.84 Å². The predicted molar refractivity (Wildman–Crippen MR) is 72.0 cm³/mol. The van der Waals surface area contributed by atoms with Crippen LogP contribution in [0.25, 0.3) is 0 Å². The molecule has 2 N–H and O–H groups in total. The summed E-state index contributed by atoms with van der Waals surface area (Å²) in [6.45, 7) is 2.67. The van der Waals surface area contributed by atoms with E-state index in [1.165, 1.54) is 5.56 Å². The van der Waals surface area contributed by atoms with Gasteiger partial charge in [0.25, 0.3) is 0 Å². The summed E-state index contributed by atoms with van der Waals surface area (Å²) in [5.41, 5.74) is 9.34. The largest absolute Gasteiger partial charge is 0.383 e. The van der Waals surface area contributed by atoms with E-state index in [-0.39, 0.29) is 0 Å². The summed E-state index contributed by atoms with van der Waals surface area (Å²) in [5, 5.41) is 0. The average Bonchev–Trinajstić information content (AvgIpc) is 2.38. The van der Waals surface area contributed by atoms with Crippen molar-refractivity contribution in [2.75, 3.05) is 0 Å². The Morgan fingerprint density at radius 2 is 1.65 bits per heavy atom. The molecular weight excluding hydrogens is 208 g/mol. The molecule has 17 heavy (non-hydrogen) atoms. The summed E-state index contributed by atoms with van der Waals surface area (Å²) < 4.78 is 0. The Kier molecular flexibility index (Phi) is 3.55. The molecule has 0 bridgehead atoms. The minimum absolute atomic E-state index is 0.604. The first-order valence-electron chi connectivity index (χ1n) is 5.67. The monoisotopic (exact) mass is 224 g/mol. The summed E-state index contributed by atoms with van der Waals surface area (Å²) in [6.07, 6.45) is 0. The van der Waals surface area contributed by atoms with Gasteiger partial charge in [0, 0.05) is 5.56 Å². The van der Waals surface area contributed by atoms with Crippen LogP contribution in [0.4, 0.5) is 0 Å². The van der Waals surface area contributed by atoms with Gasteiger partial charge in [0.05, 0.1) is 6.54 Å². The maximum atomic E-state index is 5.99. The van der Waals surface area contributed by atoms with Gasteiger partial charge in [0.15, 0.2) is 0 Å². The molecule has 0 radical (unpaired) electrons. The maximum absolute atomic E-state index is 5.99. The summed E-state index contributed by atoms with van der Waals surface area (Å²) in [4.78, 5) is 4.42. The van der Waals surface area contributed by atoms with Crippen molar-refractivity contribution in [3.8, 4) is 0 Å². The number of hydrogen-bond acceptors (Lipinski definition) is 1. The molecule has 2 heteroatoms. The topological polar surface area (TPSA) is 38.4 Å². The molecule has 2 nitrogen and oxygen atoms in total. The highest BCUT2D eigenvalue weighted by atomic mass is 14.8. The Morgan fingerprint density at radius 3 is 2.35 bits per heavy atom. The molecule has 0 fully saturated rings. The van der Waals surface area contributed by atoms with Crippen LogP contribution in [0.3, 0.4) is 0 Å². The second kappa shape index (κ2) is 5.30. The lowest BCUT2D eigenvalue weighted by Gasteiger charge is -2.04. The Morgan fingerprint density at radius 1 is 1.00 bits per heavy atom. The quantitative estimate of drug-likeness (QED) is 0.632. The highest BCUT2D eigenvalue weighted by molar-refractivity contribution is 5.98. The van der Waals surface area contributed by atoms with Crippen molar-refractivity contribution in [1.29, 1.82) is 0 Å². The van der Waals surface area contributed by atoms with Crippen molar-refractivity contribution >= 4 is 5.84 Å². The molecule has 0 heterocycles. The van der Waals surface area contributed by atoms with Gasteiger partial charge in [-0.05, 0) is 18.1 Å². The van der Waals surface area contributed by atoms with Crippen molar-refractivity contribution in [3.05, 3.63) is 71.3 Å². The summed E-state index contributed by atoms with van der Waals surface area (Å²) in [7, 11) is 0. The van der Waals surface area contributed by atoms with Gasteiger partial charge in [0.1, 0.15) is 5.84 Å². The highest BCUT2D eigenvalue weighted by Gasteiger charge is 2.00. The zero-order valence-corrected chi connectivity index (χ0v) is 9.93. The van der Waals surface area contributed by atoms with E-state index in [9.17, 15) is 0 Å². The lowest BCUT2D eigenvalue weighted by molar-refractivity contribution is 1.06. The van der Waals surface area contributed by atoms with Crippen LogP contribution in [0.1, 0.15) is 16.7 Å². The minimum Gasteiger partial charge on any atom is -0.383 e. The second-order valence-electron chi connectivity index (χ2n) is 4.00. The molecule has 0 spiro atoms. The van der Waals surface area contributed by atoms with Crippen molar-refractivity contribution < 1.29 is 0 Å². The van der Waals surface area contributed by atoms with Gasteiger partial charge in [-0.25, -0.2) is 0 Å². The second-order valence-corrected chi connectivity index (χ2v) is 4.00. The Bertz CT molecular complexity index is 515. The molecule has 2 aromatic carbocycles. The summed E-state index contributed by atoms with van der Waals surface area (Å²) in [5.74, 6) is 0.604. The van der Waals surface area contributed by atoms with Crippen LogP contribution in [0.2, 0.25) is 0 Å². The molecule has 0 aliphatic carbocycles.